The van der Waals surface area contributed by atoms with Gasteiger partial charge in [-0.25, -0.2) is 4.79 Å². The number of ether oxygens (including phenoxy) is 2. The zero-order valence-electron chi connectivity index (χ0n) is 12.7. The molecule has 4 nitrogen and oxygen atoms in total. The monoisotopic (exact) mass is 290 g/mol. The first-order valence-electron chi connectivity index (χ1n) is 7.55. The first-order valence-corrected chi connectivity index (χ1v) is 7.55. The first-order chi connectivity index (χ1) is 9.80. The van der Waals surface area contributed by atoms with Crippen LogP contribution in [0.1, 0.15) is 39.5 Å². The Morgan fingerprint density at radius 2 is 2.10 bits per heavy atom. The lowest BCUT2D eigenvalue weighted by Crippen LogP contribution is -2.47. The SMILES string of the molecule is C=C1C(=O)O[C@@H]2C[C@@]3(C)C[C@@H](OC(C)=O)CC(=C)[C@@H]3C[C@H]12. The molecule has 2 saturated carbocycles. The third-order valence-electron chi connectivity index (χ3n) is 5.42. The van der Waals surface area contributed by atoms with E-state index in [1.165, 1.54) is 6.92 Å². The van der Waals surface area contributed by atoms with Gasteiger partial charge in [0, 0.05) is 24.8 Å². The van der Waals surface area contributed by atoms with Crippen molar-refractivity contribution in [2.75, 3.05) is 0 Å². The molecular weight excluding hydrogens is 268 g/mol. The Bertz CT molecular complexity index is 535. The molecule has 0 N–H and O–H groups in total. The maximum absolute atomic E-state index is 11.7. The van der Waals surface area contributed by atoms with E-state index >= 15 is 0 Å². The Morgan fingerprint density at radius 3 is 2.76 bits per heavy atom. The Labute approximate surface area is 125 Å². The predicted molar refractivity (Wildman–Crippen MR) is 77.3 cm³/mol. The van der Waals surface area contributed by atoms with Crippen LogP contribution in [0.5, 0.6) is 0 Å². The molecule has 0 amide bonds. The van der Waals surface area contributed by atoms with Crippen LogP contribution in [0.15, 0.2) is 24.3 Å². The molecule has 0 bridgehead atoms. The molecule has 0 unspecified atom stereocenters. The zero-order valence-corrected chi connectivity index (χ0v) is 12.7. The highest BCUT2D eigenvalue weighted by Crippen LogP contribution is 2.57. The van der Waals surface area contributed by atoms with E-state index in [1.54, 1.807) is 0 Å². The number of carbonyl (C=O) groups is 2. The fourth-order valence-electron chi connectivity index (χ4n) is 4.52. The number of hydrogen-bond acceptors (Lipinski definition) is 4. The molecule has 0 aromatic carbocycles. The van der Waals surface area contributed by atoms with Gasteiger partial charge in [0.2, 0.25) is 0 Å². The third kappa shape index (κ3) is 2.30. The van der Waals surface area contributed by atoms with Gasteiger partial charge in [0.15, 0.2) is 0 Å². The summed E-state index contributed by atoms with van der Waals surface area (Å²) >= 11 is 0. The van der Waals surface area contributed by atoms with E-state index in [1.807, 2.05) is 0 Å². The van der Waals surface area contributed by atoms with E-state index in [-0.39, 0.29) is 35.5 Å². The van der Waals surface area contributed by atoms with Crippen molar-refractivity contribution in [3.05, 3.63) is 24.3 Å². The van der Waals surface area contributed by atoms with Crippen molar-refractivity contribution in [1.82, 2.24) is 0 Å². The van der Waals surface area contributed by atoms with Crippen molar-refractivity contribution in [1.29, 1.82) is 0 Å². The van der Waals surface area contributed by atoms with Gasteiger partial charge in [0.05, 0.1) is 0 Å². The number of carbonyl (C=O) groups excluding carboxylic acids is 2. The predicted octanol–water partition coefficient (Wildman–Crippen LogP) is 2.78. The summed E-state index contributed by atoms with van der Waals surface area (Å²) in [6.07, 6.45) is 3.02. The maximum Gasteiger partial charge on any atom is 0.334 e. The molecule has 5 atom stereocenters. The summed E-state index contributed by atoms with van der Waals surface area (Å²) in [5.41, 5.74) is 1.71. The second-order valence-electron chi connectivity index (χ2n) is 7.02. The first kappa shape index (κ1) is 14.4. The van der Waals surface area contributed by atoms with Crippen LogP contribution < -0.4 is 0 Å². The van der Waals surface area contributed by atoms with Gasteiger partial charge < -0.3 is 9.47 Å². The van der Waals surface area contributed by atoms with Crippen LogP contribution in [0, 0.1) is 17.3 Å². The summed E-state index contributed by atoms with van der Waals surface area (Å²) in [7, 11) is 0. The summed E-state index contributed by atoms with van der Waals surface area (Å²) in [5, 5.41) is 0. The molecule has 4 heteroatoms. The van der Waals surface area contributed by atoms with Crippen LogP contribution >= 0.6 is 0 Å². The molecular formula is C17H22O4. The average molecular weight is 290 g/mol. The second-order valence-corrected chi connectivity index (χ2v) is 7.02. The van der Waals surface area contributed by atoms with Crippen molar-refractivity contribution in [2.45, 2.75) is 51.7 Å². The fraction of sp³-hybridized carbons (Fsp3) is 0.647. The van der Waals surface area contributed by atoms with Crippen LogP contribution in [-0.4, -0.2) is 24.1 Å². The van der Waals surface area contributed by atoms with Crippen LogP contribution in [0.25, 0.3) is 0 Å². The van der Waals surface area contributed by atoms with E-state index in [0.29, 0.717) is 11.5 Å². The van der Waals surface area contributed by atoms with E-state index < -0.39 is 0 Å². The molecule has 0 aromatic rings. The van der Waals surface area contributed by atoms with Crippen LogP contribution in [0.2, 0.25) is 0 Å². The van der Waals surface area contributed by atoms with Crippen LogP contribution in [-0.2, 0) is 19.1 Å². The highest BCUT2D eigenvalue weighted by molar-refractivity contribution is 5.90. The van der Waals surface area contributed by atoms with E-state index in [4.69, 9.17) is 9.47 Å². The van der Waals surface area contributed by atoms with Gasteiger partial charge in [-0.1, -0.05) is 25.7 Å². The molecule has 3 fully saturated rings. The van der Waals surface area contributed by atoms with Gasteiger partial charge in [0.1, 0.15) is 12.2 Å². The molecule has 0 spiro atoms. The number of fused-ring (bicyclic) bond motifs is 2. The van der Waals surface area contributed by atoms with E-state index in [9.17, 15) is 9.59 Å². The quantitative estimate of drug-likeness (QED) is 0.423. The number of hydrogen-bond donors (Lipinski definition) is 0. The molecule has 0 radical (unpaired) electrons. The molecule has 1 heterocycles. The molecule has 21 heavy (non-hydrogen) atoms. The van der Waals surface area contributed by atoms with Gasteiger partial charge >= 0.3 is 11.9 Å². The van der Waals surface area contributed by atoms with Crippen molar-refractivity contribution in [3.63, 3.8) is 0 Å². The van der Waals surface area contributed by atoms with Gasteiger partial charge in [-0.2, -0.15) is 0 Å². The second kappa shape index (κ2) is 4.72. The third-order valence-corrected chi connectivity index (χ3v) is 5.42. The Balaban J connectivity index is 1.83. The van der Waals surface area contributed by atoms with Crippen molar-refractivity contribution in [3.8, 4) is 0 Å². The smallest absolute Gasteiger partial charge is 0.334 e. The van der Waals surface area contributed by atoms with E-state index in [0.717, 1.165) is 31.3 Å². The Morgan fingerprint density at radius 1 is 1.38 bits per heavy atom. The molecule has 3 aliphatic rings. The highest BCUT2D eigenvalue weighted by Gasteiger charge is 2.54. The van der Waals surface area contributed by atoms with Gasteiger partial charge in [-0.3, -0.25) is 4.79 Å². The lowest BCUT2D eigenvalue weighted by Gasteiger charge is -2.51. The molecule has 114 valence electrons. The van der Waals surface area contributed by atoms with Gasteiger partial charge in [-0.15, -0.1) is 0 Å². The van der Waals surface area contributed by atoms with Gasteiger partial charge in [0.25, 0.3) is 0 Å². The minimum absolute atomic E-state index is 0.0263. The molecule has 0 aromatic heterocycles. The normalized spacial score (nSPS) is 42.1. The van der Waals surface area contributed by atoms with Crippen LogP contribution in [0.4, 0.5) is 0 Å². The summed E-state index contributed by atoms with van der Waals surface area (Å²) < 4.78 is 10.9. The molecule has 1 aliphatic heterocycles. The summed E-state index contributed by atoms with van der Waals surface area (Å²) in [6, 6.07) is 0. The summed E-state index contributed by atoms with van der Waals surface area (Å²) in [6.45, 7) is 11.7. The lowest BCUT2D eigenvalue weighted by atomic mass is 9.55. The van der Waals surface area contributed by atoms with E-state index in [2.05, 4.69) is 20.1 Å². The molecule has 2 aliphatic carbocycles. The Kier molecular flexibility index (Phi) is 3.23. The molecule has 3 rings (SSSR count). The summed E-state index contributed by atoms with van der Waals surface area (Å²) in [5.74, 6) is -0.0342. The maximum atomic E-state index is 11.7. The number of esters is 2. The fourth-order valence-corrected chi connectivity index (χ4v) is 4.52. The topological polar surface area (TPSA) is 52.6 Å². The van der Waals surface area contributed by atoms with Crippen molar-refractivity contribution >= 4 is 11.9 Å². The highest BCUT2D eigenvalue weighted by atomic mass is 16.6. The lowest BCUT2D eigenvalue weighted by molar-refractivity contribution is -0.152. The van der Waals surface area contributed by atoms with Crippen molar-refractivity contribution in [2.24, 2.45) is 17.3 Å². The zero-order chi connectivity index (χ0) is 15.4. The number of rotatable bonds is 1. The molecule has 1 saturated heterocycles. The van der Waals surface area contributed by atoms with Crippen LogP contribution in [0.3, 0.4) is 0 Å². The van der Waals surface area contributed by atoms with Gasteiger partial charge in [-0.05, 0) is 30.6 Å². The minimum Gasteiger partial charge on any atom is -0.462 e. The largest absolute Gasteiger partial charge is 0.462 e. The Hall–Kier alpha value is -1.58. The standard InChI is InChI=1S/C17H22O4/c1-9-5-12(20-11(3)18)7-17(4)8-15-13(6-14(9)17)10(2)16(19)21-15/h12-15H,1-2,5-8H2,3-4H3/t12-,13+,14-,15+,17+/m0/s1. The van der Waals surface area contributed by atoms with Crippen molar-refractivity contribution < 1.29 is 19.1 Å². The average Bonchev–Trinajstić information content (AvgIpc) is 2.60. The minimum atomic E-state index is -0.255. The summed E-state index contributed by atoms with van der Waals surface area (Å²) in [4.78, 5) is 22.9.